The molecule has 3 rings (SSSR count). The van der Waals surface area contributed by atoms with E-state index in [1.807, 2.05) is 6.26 Å². The molecule has 124 valence electrons. The number of amides is 1. The Morgan fingerprint density at radius 3 is 2.65 bits per heavy atom. The van der Waals surface area contributed by atoms with Crippen LogP contribution in [0.4, 0.5) is 4.39 Å². The van der Waals surface area contributed by atoms with Gasteiger partial charge < -0.3 is 9.64 Å². The van der Waals surface area contributed by atoms with Crippen molar-refractivity contribution in [2.45, 2.75) is 24.2 Å². The number of thioether (sulfide) groups is 1. The predicted octanol–water partition coefficient (Wildman–Crippen LogP) is 2.96. The monoisotopic (exact) mass is 337 g/mol. The van der Waals surface area contributed by atoms with E-state index in [-0.39, 0.29) is 28.8 Å². The largest absolute Gasteiger partial charge is 0.469 e. The van der Waals surface area contributed by atoms with Gasteiger partial charge >= 0.3 is 5.97 Å². The number of rotatable bonds is 3. The highest BCUT2D eigenvalue weighted by molar-refractivity contribution is 7.98. The van der Waals surface area contributed by atoms with Crippen molar-refractivity contribution >= 4 is 23.6 Å². The Balaban J connectivity index is 1.69. The second kappa shape index (κ2) is 6.15. The molecule has 0 bridgehead atoms. The Morgan fingerprint density at radius 1 is 1.35 bits per heavy atom. The van der Waals surface area contributed by atoms with Crippen molar-refractivity contribution in [2.24, 2.45) is 11.3 Å². The van der Waals surface area contributed by atoms with Crippen LogP contribution in [0.2, 0.25) is 0 Å². The number of ether oxygens (including phenoxy) is 1. The number of likely N-dealkylation sites (tertiary alicyclic amines) is 1. The Kier molecular flexibility index (Phi) is 4.36. The van der Waals surface area contributed by atoms with Gasteiger partial charge in [-0.2, -0.15) is 0 Å². The summed E-state index contributed by atoms with van der Waals surface area (Å²) >= 11 is 1.37. The molecule has 1 amide bonds. The zero-order valence-corrected chi connectivity index (χ0v) is 14.1. The van der Waals surface area contributed by atoms with Crippen LogP contribution >= 0.6 is 11.8 Å². The molecule has 6 heteroatoms. The van der Waals surface area contributed by atoms with Gasteiger partial charge in [0.25, 0.3) is 5.91 Å². The smallest absolute Gasteiger partial charge is 0.309 e. The van der Waals surface area contributed by atoms with Gasteiger partial charge in [0.1, 0.15) is 5.82 Å². The number of nitrogens with zero attached hydrogens (tertiary/aromatic N) is 1. The lowest BCUT2D eigenvalue weighted by Gasteiger charge is -2.33. The van der Waals surface area contributed by atoms with Crippen molar-refractivity contribution in [1.29, 1.82) is 0 Å². The van der Waals surface area contributed by atoms with Crippen LogP contribution in [0, 0.1) is 17.2 Å². The third-order valence-corrected chi connectivity index (χ3v) is 5.91. The zero-order chi connectivity index (χ0) is 16.6. The third kappa shape index (κ3) is 2.84. The summed E-state index contributed by atoms with van der Waals surface area (Å²) in [6.07, 6.45) is 4.24. The number of carbonyl (C=O) groups is 2. The SMILES string of the molecule is COC(=O)C1CC12CCN(C(=O)c1c(F)cccc1SC)CC2. The summed E-state index contributed by atoms with van der Waals surface area (Å²) in [4.78, 5) is 26.7. The summed E-state index contributed by atoms with van der Waals surface area (Å²) in [6, 6.07) is 4.71. The topological polar surface area (TPSA) is 46.6 Å². The van der Waals surface area contributed by atoms with E-state index in [1.54, 1.807) is 17.0 Å². The van der Waals surface area contributed by atoms with E-state index in [0.29, 0.717) is 18.0 Å². The number of carbonyl (C=O) groups excluding carboxylic acids is 2. The number of hydrogen-bond acceptors (Lipinski definition) is 4. The zero-order valence-electron chi connectivity index (χ0n) is 13.3. The maximum Gasteiger partial charge on any atom is 0.309 e. The predicted molar refractivity (Wildman–Crippen MR) is 85.9 cm³/mol. The van der Waals surface area contributed by atoms with Crippen molar-refractivity contribution in [3.8, 4) is 0 Å². The van der Waals surface area contributed by atoms with Crippen molar-refractivity contribution < 1.29 is 18.7 Å². The second-order valence-corrected chi connectivity index (χ2v) is 7.10. The van der Waals surface area contributed by atoms with Gasteiger partial charge in [-0.1, -0.05) is 6.07 Å². The van der Waals surface area contributed by atoms with Crippen molar-refractivity contribution in [3.63, 3.8) is 0 Å². The van der Waals surface area contributed by atoms with E-state index in [0.717, 1.165) is 19.3 Å². The first kappa shape index (κ1) is 16.3. The summed E-state index contributed by atoms with van der Waals surface area (Å²) < 4.78 is 18.9. The maximum absolute atomic E-state index is 14.1. The molecule has 23 heavy (non-hydrogen) atoms. The Bertz CT molecular complexity index is 641. The van der Waals surface area contributed by atoms with Gasteiger partial charge in [0.2, 0.25) is 0 Å². The molecule has 1 aromatic rings. The molecular weight excluding hydrogens is 317 g/mol. The number of benzene rings is 1. The van der Waals surface area contributed by atoms with Crippen LogP contribution in [-0.4, -0.2) is 43.2 Å². The molecule has 0 aromatic heterocycles. The van der Waals surface area contributed by atoms with Crippen LogP contribution in [0.5, 0.6) is 0 Å². The van der Waals surface area contributed by atoms with E-state index in [1.165, 1.54) is 24.9 Å². The summed E-state index contributed by atoms with van der Waals surface area (Å²) in [5.41, 5.74) is 0.165. The number of halogens is 1. The quantitative estimate of drug-likeness (QED) is 0.628. The third-order valence-electron chi connectivity index (χ3n) is 5.13. The summed E-state index contributed by atoms with van der Waals surface area (Å²) in [5.74, 6) is -0.901. The summed E-state index contributed by atoms with van der Waals surface area (Å²) in [6.45, 7) is 1.13. The van der Waals surface area contributed by atoms with E-state index in [2.05, 4.69) is 0 Å². The van der Waals surface area contributed by atoms with Gasteiger partial charge in [-0.05, 0) is 43.1 Å². The average molecular weight is 337 g/mol. The first-order valence-corrected chi connectivity index (χ1v) is 8.94. The maximum atomic E-state index is 14.1. The minimum atomic E-state index is -0.471. The van der Waals surface area contributed by atoms with Crippen LogP contribution in [-0.2, 0) is 9.53 Å². The van der Waals surface area contributed by atoms with Gasteiger partial charge in [0, 0.05) is 18.0 Å². The van der Waals surface area contributed by atoms with Gasteiger partial charge in [0.15, 0.2) is 0 Å². The standard InChI is InChI=1S/C17H20FNO3S/c1-22-16(21)11-10-17(11)6-8-19(9-7-17)15(20)14-12(18)4-3-5-13(14)23-2/h3-5,11H,6-10H2,1-2H3. The van der Waals surface area contributed by atoms with E-state index >= 15 is 0 Å². The summed E-state index contributed by atoms with van der Waals surface area (Å²) in [7, 11) is 1.41. The van der Waals surface area contributed by atoms with Gasteiger partial charge in [-0.3, -0.25) is 9.59 Å². The van der Waals surface area contributed by atoms with Crippen LogP contribution in [0.25, 0.3) is 0 Å². The Labute approximate surface area is 139 Å². The van der Waals surface area contributed by atoms with Crippen LogP contribution in [0.1, 0.15) is 29.6 Å². The molecule has 1 spiro atoms. The highest BCUT2D eigenvalue weighted by Gasteiger charge is 2.59. The molecule has 1 unspecified atom stereocenters. The molecule has 2 fully saturated rings. The number of piperidine rings is 1. The summed E-state index contributed by atoms with van der Waals surface area (Å²) in [5, 5.41) is 0. The molecule has 1 saturated heterocycles. The van der Waals surface area contributed by atoms with E-state index < -0.39 is 5.82 Å². The van der Waals surface area contributed by atoms with Crippen molar-refractivity contribution in [2.75, 3.05) is 26.5 Å². The average Bonchev–Trinajstić information content (AvgIpc) is 3.27. The fraction of sp³-hybridized carbons (Fsp3) is 0.529. The van der Waals surface area contributed by atoms with Gasteiger partial charge in [-0.25, -0.2) is 4.39 Å². The Morgan fingerprint density at radius 2 is 2.04 bits per heavy atom. The normalized spacial score (nSPS) is 22.0. The first-order chi connectivity index (χ1) is 11.0. The molecule has 1 aliphatic heterocycles. The van der Waals surface area contributed by atoms with Crippen LogP contribution in [0.15, 0.2) is 23.1 Å². The van der Waals surface area contributed by atoms with E-state index in [4.69, 9.17) is 4.74 Å². The first-order valence-electron chi connectivity index (χ1n) is 7.72. The molecule has 1 saturated carbocycles. The van der Waals surface area contributed by atoms with Gasteiger partial charge in [-0.15, -0.1) is 11.8 Å². The highest BCUT2D eigenvalue weighted by atomic mass is 32.2. The van der Waals surface area contributed by atoms with Gasteiger partial charge in [0.05, 0.1) is 18.6 Å². The lowest BCUT2D eigenvalue weighted by atomic mass is 9.90. The molecule has 2 aliphatic rings. The van der Waals surface area contributed by atoms with E-state index in [9.17, 15) is 14.0 Å². The van der Waals surface area contributed by atoms with Crippen LogP contribution in [0.3, 0.4) is 0 Å². The van der Waals surface area contributed by atoms with Crippen LogP contribution < -0.4 is 0 Å². The highest BCUT2D eigenvalue weighted by Crippen LogP contribution is 2.59. The lowest BCUT2D eigenvalue weighted by Crippen LogP contribution is -2.40. The molecule has 1 aromatic carbocycles. The minimum Gasteiger partial charge on any atom is -0.469 e. The molecule has 4 nitrogen and oxygen atoms in total. The number of methoxy groups -OCH3 is 1. The molecule has 0 radical (unpaired) electrons. The fourth-order valence-corrected chi connectivity index (χ4v) is 4.17. The molecule has 1 heterocycles. The molecular formula is C17H20FNO3S. The second-order valence-electron chi connectivity index (χ2n) is 6.25. The molecule has 0 N–H and O–H groups in total. The fourth-order valence-electron chi connectivity index (χ4n) is 3.57. The number of hydrogen-bond donors (Lipinski definition) is 0. The van der Waals surface area contributed by atoms with Crippen molar-refractivity contribution in [3.05, 3.63) is 29.6 Å². The lowest BCUT2D eigenvalue weighted by molar-refractivity contribution is -0.143. The molecule has 1 atom stereocenters. The van der Waals surface area contributed by atoms with Crippen molar-refractivity contribution in [1.82, 2.24) is 4.90 Å². The Hall–Kier alpha value is -1.56. The minimum absolute atomic E-state index is 0.00143. The number of esters is 1. The molecule has 1 aliphatic carbocycles.